The van der Waals surface area contributed by atoms with Crippen LogP contribution in [0.1, 0.15) is 78.8 Å². The molecule has 3 aromatic heterocycles. The fourth-order valence-corrected chi connectivity index (χ4v) is 10.1. The molecule has 1 saturated carbocycles. The summed E-state index contributed by atoms with van der Waals surface area (Å²) in [6.07, 6.45) is 13.3. The highest BCUT2D eigenvalue weighted by Crippen LogP contribution is 2.35. The lowest BCUT2D eigenvalue weighted by atomic mass is 9.95. The van der Waals surface area contributed by atoms with Crippen LogP contribution in [-0.4, -0.2) is 0 Å². The van der Waals surface area contributed by atoms with Crippen molar-refractivity contribution in [3.05, 3.63) is 234 Å². The summed E-state index contributed by atoms with van der Waals surface area (Å²) in [7, 11) is 6.37. The molecule has 0 aliphatic heterocycles. The van der Waals surface area contributed by atoms with E-state index in [2.05, 4.69) is 277 Å². The number of hydrogen-bond acceptors (Lipinski definition) is 0. The number of pyridine rings is 3. The highest BCUT2D eigenvalue weighted by molar-refractivity contribution is 5.69. The summed E-state index contributed by atoms with van der Waals surface area (Å²) in [5.41, 5.74) is 23.4. The van der Waals surface area contributed by atoms with E-state index in [0.717, 1.165) is 12.3 Å². The van der Waals surface area contributed by atoms with Gasteiger partial charge in [-0.15, -0.1) is 0 Å². The van der Waals surface area contributed by atoms with Crippen molar-refractivity contribution in [2.24, 2.45) is 27.1 Å². The van der Waals surface area contributed by atoms with E-state index in [1.165, 1.54) is 126 Å². The van der Waals surface area contributed by atoms with Crippen molar-refractivity contribution in [1.82, 2.24) is 0 Å². The van der Waals surface area contributed by atoms with Crippen LogP contribution in [0.25, 0.3) is 67.2 Å². The van der Waals surface area contributed by atoms with Gasteiger partial charge < -0.3 is 0 Å². The van der Waals surface area contributed by atoms with Crippen molar-refractivity contribution in [2.75, 3.05) is 0 Å². The summed E-state index contributed by atoms with van der Waals surface area (Å²) < 4.78 is 6.67. The average molecular weight is 919 g/mol. The molecule has 0 N–H and O–H groups in total. The van der Waals surface area contributed by atoms with E-state index in [-0.39, 0.29) is 0 Å². The Balaban J connectivity index is 0.000000142. The minimum absolute atomic E-state index is 0.696. The fourth-order valence-electron chi connectivity index (χ4n) is 10.1. The molecule has 0 atom stereocenters. The van der Waals surface area contributed by atoms with Crippen LogP contribution in [0.2, 0.25) is 0 Å². The summed E-state index contributed by atoms with van der Waals surface area (Å²) in [6.45, 7) is 13.1. The van der Waals surface area contributed by atoms with E-state index >= 15 is 0 Å². The Kier molecular flexibility index (Phi) is 16.1. The van der Waals surface area contributed by atoms with Crippen molar-refractivity contribution in [2.45, 2.75) is 79.6 Å². The van der Waals surface area contributed by atoms with Crippen LogP contribution in [0, 0.1) is 33.6 Å². The zero-order chi connectivity index (χ0) is 49.1. The van der Waals surface area contributed by atoms with Crippen molar-refractivity contribution in [1.29, 1.82) is 0 Å². The highest BCUT2D eigenvalue weighted by atomic mass is 14.9. The quantitative estimate of drug-likeness (QED) is 0.128. The van der Waals surface area contributed by atoms with Gasteiger partial charge in [0, 0.05) is 51.6 Å². The van der Waals surface area contributed by atoms with Crippen LogP contribution < -0.4 is 13.7 Å². The van der Waals surface area contributed by atoms with E-state index in [9.17, 15) is 0 Å². The smallest absolute Gasteiger partial charge is 0.200 e. The zero-order valence-electron chi connectivity index (χ0n) is 43.1. The number of nitrogens with zero attached hydrogens (tertiary/aromatic N) is 3. The van der Waals surface area contributed by atoms with Crippen molar-refractivity contribution < 1.29 is 13.7 Å². The molecule has 6 aromatic carbocycles. The molecule has 1 fully saturated rings. The van der Waals surface area contributed by atoms with Gasteiger partial charge in [-0.1, -0.05) is 160 Å². The topological polar surface area (TPSA) is 11.6 Å². The maximum absolute atomic E-state index is 2.33. The normalized spacial score (nSPS) is 12.3. The van der Waals surface area contributed by atoms with Gasteiger partial charge in [-0.25, -0.2) is 13.7 Å². The SMILES string of the molecule is Cc1cccc(-c2ccc(-c3ccccc3C)[n+](C)c2)c1.Cc1ccccc1-c1ccc(-c2ccc(C3CCCC3)cc2)c[n+]1C.Cc1ccccc1-c1ccc(-c2ccc(CC(C)C)cc2)c[n+]1C. The largest absolute Gasteiger partial charge is 0.212 e. The summed E-state index contributed by atoms with van der Waals surface area (Å²) in [5, 5.41) is 0. The maximum atomic E-state index is 2.33. The van der Waals surface area contributed by atoms with Gasteiger partial charge in [0.25, 0.3) is 0 Å². The number of benzene rings is 6. The van der Waals surface area contributed by atoms with Gasteiger partial charge in [0.1, 0.15) is 21.1 Å². The molecule has 70 heavy (non-hydrogen) atoms. The molecule has 3 heterocycles. The van der Waals surface area contributed by atoms with Gasteiger partial charge in [0.2, 0.25) is 17.1 Å². The number of aromatic nitrogens is 3. The second-order valence-corrected chi connectivity index (χ2v) is 20.0. The van der Waals surface area contributed by atoms with Crippen LogP contribution >= 0.6 is 0 Å². The van der Waals surface area contributed by atoms with Gasteiger partial charge in [-0.2, -0.15) is 0 Å². The fraction of sp³-hybridized carbons (Fsp3) is 0.239. The molecule has 0 unspecified atom stereocenters. The number of aryl methyl sites for hydroxylation is 7. The minimum Gasteiger partial charge on any atom is -0.200 e. The molecular formula is C67H72N3+3. The predicted molar refractivity (Wildman–Crippen MR) is 294 cm³/mol. The van der Waals surface area contributed by atoms with Crippen LogP contribution in [0.15, 0.2) is 201 Å². The van der Waals surface area contributed by atoms with Crippen LogP contribution in [0.4, 0.5) is 0 Å². The standard InChI is InChI=1S/C24H26N.C23H26N.C20H20N/c1-18-7-3-6-10-23(18)24-16-15-22(17-25(24)2)21-13-11-20(12-14-21)19-8-4-5-9-19;1-17(2)15-19-9-11-20(12-10-19)21-13-14-23(24(4)16-21)22-8-6-5-7-18(22)3;1-15-7-6-9-17(13-15)18-11-12-20(21(3)14-18)19-10-5-4-8-16(19)2/h3,6-7,10-17,19H,4-5,8-9H2,1-2H3;5-14,16-17H,15H2,1-4H3;4-14H,1-3H3/q3*+1. The molecule has 0 bridgehead atoms. The second-order valence-electron chi connectivity index (χ2n) is 20.0. The molecular weight excluding hydrogens is 847 g/mol. The van der Waals surface area contributed by atoms with E-state index in [4.69, 9.17) is 0 Å². The summed E-state index contributed by atoms with van der Waals surface area (Å²) >= 11 is 0. The average Bonchev–Trinajstić information content (AvgIpc) is 3.91. The van der Waals surface area contributed by atoms with Crippen molar-refractivity contribution in [3.63, 3.8) is 0 Å². The Hall–Kier alpha value is -7.23. The van der Waals surface area contributed by atoms with Crippen LogP contribution in [-0.2, 0) is 27.6 Å². The molecule has 0 radical (unpaired) electrons. The van der Waals surface area contributed by atoms with E-state index < -0.39 is 0 Å². The first-order valence-electron chi connectivity index (χ1n) is 25.4. The zero-order valence-corrected chi connectivity index (χ0v) is 43.1. The molecule has 1 aliphatic carbocycles. The highest BCUT2D eigenvalue weighted by Gasteiger charge is 2.19. The monoisotopic (exact) mass is 919 g/mol. The molecule has 3 nitrogen and oxygen atoms in total. The first-order valence-corrected chi connectivity index (χ1v) is 25.4. The molecule has 0 spiro atoms. The van der Waals surface area contributed by atoms with E-state index in [1.54, 1.807) is 0 Å². The molecule has 9 aromatic rings. The third-order valence-corrected chi connectivity index (χ3v) is 14.0. The molecule has 10 rings (SSSR count). The first-order chi connectivity index (χ1) is 33.9. The Morgan fingerprint density at radius 3 is 1.17 bits per heavy atom. The van der Waals surface area contributed by atoms with Crippen molar-refractivity contribution in [3.8, 4) is 67.2 Å². The lowest BCUT2D eigenvalue weighted by Crippen LogP contribution is -2.30. The van der Waals surface area contributed by atoms with Gasteiger partial charge >= 0.3 is 0 Å². The number of hydrogen-bond donors (Lipinski definition) is 0. The van der Waals surface area contributed by atoms with Crippen LogP contribution in [0.3, 0.4) is 0 Å². The third kappa shape index (κ3) is 12.1. The first kappa shape index (κ1) is 49.2. The summed E-state index contributed by atoms with van der Waals surface area (Å²) in [4.78, 5) is 0. The second kappa shape index (κ2) is 22.9. The van der Waals surface area contributed by atoms with E-state index in [1.807, 2.05) is 0 Å². The summed E-state index contributed by atoms with van der Waals surface area (Å²) in [5.74, 6) is 1.48. The maximum Gasteiger partial charge on any atom is 0.212 e. The van der Waals surface area contributed by atoms with Gasteiger partial charge in [-0.05, 0) is 140 Å². The Bertz CT molecular complexity index is 3170. The van der Waals surface area contributed by atoms with Crippen LogP contribution in [0.5, 0.6) is 0 Å². The summed E-state index contributed by atoms with van der Waals surface area (Å²) in [6, 6.07) is 65.8. The van der Waals surface area contributed by atoms with Gasteiger partial charge in [0.15, 0.2) is 18.6 Å². The van der Waals surface area contributed by atoms with Gasteiger partial charge in [0.05, 0.1) is 0 Å². The molecule has 3 heteroatoms. The predicted octanol–water partition coefficient (Wildman–Crippen LogP) is 15.6. The lowest BCUT2D eigenvalue weighted by Gasteiger charge is -2.10. The van der Waals surface area contributed by atoms with E-state index in [0.29, 0.717) is 5.92 Å². The van der Waals surface area contributed by atoms with Gasteiger partial charge in [-0.3, -0.25) is 0 Å². The molecule has 0 saturated heterocycles. The Labute approximate surface area is 419 Å². The minimum atomic E-state index is 0.696. The molecule has 0 amide bonds. The Morgan fingerprint density at radius 2 is 0.786 bits per heavy atom. The third-order valence-electron chi connectivity index (χ3n) is 14.0. The lowest BCUT2D eigenvalue weighted by molar-refractivity contribution is -0.660. The Morgan fingerprint density at radius 1 is 0.400 bits per heavy atom. The molecule has 352 valence electrons. The van der Waals surface area contributed by atoms with Crippen molar-refractivity contribution >= 4 is 0 Å². The number of rotatable bonds is 9. The molecule has 1 aliphatic rings.